The lowest BCUT2D eigenvalue weighted by Crippen LogP contribution is -2.20. The van der Waals surface area contributed by atoms with Gasteiger partial charge in [0.25, 0.3) is 10.0 Å². The molecule has 7 heteroatoms. The van der Waals surface area contributed by atoms with Gasteiger partial charge in [0, 0.05) is 12.6 Å². The lowest BCUT2D eigenvalue weighted by Gasteiger charge is -2.20. The highest BCUT2D eigenvalue weighted by Gasteiger charge is 2.24. The van der Waals surface area contributed by atoms with Gasteiger partial charge in [0.15, 0.2) is 0 Å². The van der Waals surface area contributed by atoms with Crippen LogP contribution < -0.4 is 9.46 Å². The first kappa shape index (κ1) is 22.5. The van der Waals surface area contributed by atoms with Crippen LogP contribution in [-0.4, -0.2) is 40.6 Å². The molecule has 0 saturated heterocycles. The summed E-state index contributed by atoms with van der Waals surface area (Å²) in [5.41, 5.74) is 5.06. The molecule has 0 aliphatic rings. The summed E-state index contributed by atoms with van der Waals surface area (Å²) in [6.45, 7) is 10.8. The fourth-order valence-corrected chi connectivity index (χ4v) is 4.91. The van der Waals surface area contributed by atoms with Crippen molar-refractivity contribution in [2.75, 3.05) is 32.0 Å². The zero-order chi connectivity index (χ0) is 21.2. The molecule has 0 aromatic heterocycles. The fraction of sp³-hybridized carbons (Fsp3) is 0.429. The van der Waals surface area contributed by atoms with E-state index in [1.165, 1.54) is 0 Å². The molecule has 0 amide bonds. The highest BCUT2D eigenvalue weighted by atomic mass is 35.5. The van der Waals surface area contributed by atoms with E-state index >= 15 is 0 Å². The molecule has 5 nitrogen and oxygen atoms in total. The summed E-state index contributed by atoms with van der Waals surface area (Å²) in [4.78, 5) is 2.33. The number of nitrogens with one attached hydrogen (secondary N) is 1. The second-order valence-electron chi connectivity index (χ2n) is 7.36. The molecule has 0 radical (unpaired) electrons. The van der Waals surface area contributed by atoms with Crippen LogP contribution in [0.3, 0.4) is 0 Å². The molecular formula is C21H29ClN2O3S. The molecule has 0 spiro atoms. The van der Waals surface area contributed by atoms with Crippen LogP contribution in [0, 0.1) is 34.6 Å². The highest BCUT2D eigenvalue weighted by Crippen LogP contribution is 2.33. The summed E-state index contributed by atoms with van der Waals surface area (Å²) < 4.78 is 34.7. The van der Waals surface area contributed by atoms with Crippen molar-refractivity contribution in [2.24, 2.45) is 0 Å². The summed E-state index contributed by atoms with van der Waals surface area (Å²) >= 11 is 6.19. The maximum Gasteiger partial charge on any atom is 0.262 e. The predicted molar refractivity (Wildman–Crippen MR) is 116 cm³/mol. The molecule has 2 rings (SSSR count). The molecule has 0 aliphatic carbocycles. The number of ether oxygens (including phenoxy) is 1. The monoisotopic (exact) mass is 424 g/mol. The largest absolute Gasteiger partial charge is 0.491 e. The molecule has 2 aromatic carbocycles. The third-order valence-electron chi connectivity index (χ3n) is 5.18. The van der Waals surface area contributed by atoms with Crippen molar-refractivity contribution in [3.63, 3.8) is 0 Å². The molecule has 0 atom stereocenters. The second-order valence-corrected chi connectivity index (χ2v) is 9.38. The molecule has 0 fully saturated rings. The molecule has 1 N–H and O–H groups in total. The van der Waals surface area contributed by atoms with Crippen LogP contribution in [0.2, 0.25) is 5.02 Å². The quantitative estimate of drug-likeness (QED) is 0.704. The van der Waals surface area contributed by atoms with Gasteiger partial charge < -0.3 is 9.64 Å². The number of halogens is 1. The zero-order valence-corrected chi connectivity index (χ0v) is 19.2. The molecule has 0 saturated carbocycles. The first-order valence-corrected chi connectivity index (χ1v) is 11.0. The molecule has 0 heterocycles. The Morgan fingerprint density at radius 2 is 1.50 bits per heavy atom. The van der Waals surface area contributed by atoms with Crippen molar-refractivity contribution < 1.29 is 13.2 Å². The van der Waals surface area contributed by atoms with Gasteiger partial charge >= 0.3 is 0 Å². The van der Waals surface area contributed by atoms with Gasteiger partial charge in [0.2, 0.25) is 0 Å². The number of rotatable bonds is 7. The lowest BCUT2D eigenvalue weighted by molar-refractivity contribution is 0.261. The van der Waals surface area contributed by atoms with Crippen molar-refractivity contribution in [3.05, 3.63) is 51.0 Å². The van der Waals surface area contributed by atoms with Gasteiger partial charge in [-0.25, -0.2) is 8.42 Å². The van der Waals surface area contributed by atoms with E-state index in [9.17, 15) is 8.42 Å². The van der Waals surface area contributed by atoms with Gasteiger partial charge in [0.1, 0.15) is 12.4 Å². The molecule has 0 bridgehead atoms. The van der Waals surface area contributed by atoms with Crippen LogP contribution in [-0.2, 0) is 10.0 Å². The number of hydrogen-bond acceptors (Lipinski definition) is 4. The standard InChI is InChI=1S/C21H29ClN2O3S/c1-13-14(2)16(4)21(17(5)15(13)3)28(25,26)23-18-8-9-19(22)20(12-18)27-11-10-24(6)7/h8-9,12,23H,10-11H2,1-7H3. The summed E-state index contributed by atoms with van der Waals surface area (Å²) in [6, 6.07) is 4.89. The highest BCUT2D eigenvalue weighted by molar-refractivity contribution is 7.92. The fourth-order valence-electron chi connectivity index (χ4n) is 3.09. The zero-order valence-electron chi connectivity index (χ0n) is 17.6. The van der Waals surface area contributed by atoms with E-state index in [0.29, 0.717) is 28.0 Å². The summed E-state index contributed by atoms with van der Waals surface area (Å²) in [6.07, 6.45) is 0. The molecule has 28 heavy (non-hydrogen) atoms. The van der Waals surface area contributed by atoms with Crippen molar-refractivity contribution in [1.29, 1.82) is 0 Å². The Bertz CT molecular complexity index is 957. The average Bonchev–Trinajstić information content (AvgIpc) is 2.60. The Labute approximate surface area is 173 Å². The van der Waals surface area contributed by atoms with Crippen LogP contribution in [0.4, 0.5) is 5.69 Å². The van der Waals surface area contributed by atoms with Gasteiger partial charge in [0.05, 0.1) is 15.6 Å². The maximum absolute atomic E-state index is 13.2. The van der Waals surface area contributed by atoms with Gasteiger partial charge in [-0.3, -0.25) is 4.72 Å². The van der Waals surface area contributed by atoms with E-state index in [-0.39, 0.29) is 0 Å². The number of likely N-dealkylation sites (N-methyl/N-ethyl adjacent to an activating group) is 1. The number of nitrogens with zero attached hydrogens (tertiary/aromatic N) is 1. The minimum Gasteiger partial charge on any atom is -0.491 e. The molecule has 154 valence electrons. The Kier molecular flexibility index (Phi) is 7.02. The van der Waals surface area contributed by atoms with Gasteiger partial charge in [-0.1, -0.05) is 11.6 Å². The predicted octanol–water partition coefficient (Wildman–Crippen LogP) is 4.62. The number of anilines is 1. The van der Waals surface area contributed by atoms with Crippen molar-refractivity contribution >= 4 is 27.3 Å². The second kappa shape index (κ2) is 8.72. The average molecular weight is 425 g/mol. The number of benzene rings is 2. The third kappa shape index (κ3) is 4.80. The van der Waals surface area contributed by atoms with Gasteiger partial charge in [-0.2, -0.15) is 0 Å². The SMILES string of the molecule is Cc1c(C)c(C)c(S(=O)(=O)Nc2ccc(Cl)c(OCCN(C)C)c2)c(C)c1C. The Morgan fingerprint density at radius 1 is 0.964 bits per heavy atom. The van der Waals surface area contributed by atoms with Crippen LogP contribution in [0.1, 0.15) is 27.8 Å². The maximum atomic E-state index is 13.2. The molecule has 0 unspecified atom stereocenters. The first-order chi connectivity index (χ1) is 13.0. The Hall–Kier alpha value is -1.76. The van der Waals surface area contributed by atoms with Crippen molar-refractivity contribution in [3.8, 4) is 5.75 Å². The number of hydrogen-bond donors (Lipinski definition) is 1. The smallest absolute Gasteiger partial charge is 0.262 e. The van der Waals surface area contributed by atoms with E-state index in [1.807, 2.05) is 53.6 Å². The van der Waals surface area contributed by atoms with E-state index in [0.717, 1.165) is 34.4 Å². The van der Waals surface area contributed by atoms with Crippen molar-refractivity contribution in [2.45, 2.75) is 39.5 Å². The van der Waals surface area contributed by atoms with Crippen LogP contribution in [0.5, 0.6) is 5.75 Å². The third-order valence-corrected chi connectivity index (χ3v) is 7.15. The topological polar surface area (TPSA) is 58.6 Å². The minimum atomic E-state index is -3.76. The van der Waals surface area contributed by atoms with Crippen LogP contribution in [0.15, 0.2) is 23.1 Å². The van der Waals surface area contributed by atoms with E-state index in [1.54, 1.807) is 18.2 Å². The van der Waals surface area contributed by atoms with E-state index < -0.39 is 10.0 Å². The Balaban J connectivity index is 2.38. The lowest BCUT2D eigenvalue weighted by atomic mass is 9.95. The molecule has 2 aromatic rings. The molecule has 0 aliphatic heterocycles. The summed E-state index contributed by atoms with van der Waals surface area (Å²) in [5.74, 6) is 0.452. The van der Waals surface area contributed by atoms with Crippen LogP contribution >= 0.6 is 11.6 Å². The van der Waals surface area contributed by atoms with Crippen LogP contribution in [0.25, 0.3) is 0 Å². The normalized spacial score (nSPS) is 11.8. The van der Waals surface area contributed by atoms with E-state index in [4.69, 9.17) is 16.3 Å². The summed E-state index contributed by atoms with van der Waals surface area (Å²) in [5, 5.41) is 0.441. The van der Waals surface area contributed by atoms with Crippen molar-refractivity contribution in [1.82, 2.24) is 4.90 Å². The van der Waals surface area contributed by atoms with Gasteiger partial charge in [-0.15, -0.1) is 0 Å². The summed E-state index contributed by atoms with van der Waals surface area (Å²) in [7, 11) is 0.143. The number of sulfonamides is 1. The Morgan fingerprint density at radius 3 is 2.04 bits per heavy atom. The van der Waals surface area contributed by atoms with Gasteiger partial charge in [-0.05, 0) is 88.7 Å². The minimum absolute atomic E-state index is 0.332. The van der Waals surface area contributed by atoms with E-state index in [2.05, 4.69) is 4.72 Å². The molecular weight excluding hydrogens is 396 g/mol. The first-order valence-electron chi connectivity index (χ1n) is 9.12.